The molecule has 34 heavy (non-hydrogen) atoms. The number of hydrogen-bond donors (Lipinski definition) is 3. The van der Waals surface area contributed by atoms with Crippen molar-refractivity contribution in [1.29, 1.82) is 0 Å². The van der Waals surface area contributed by atoms with Gasteiger partial charge in [-0.15, -0.1) is 24.0 Å². The second kappa shape index (κ2) is 13.9. The molecule has 8 heteroatoms. The van der Waals surface area contributed by atoms with Crippen molar-refractivity contribution in [3.8, 4) is 0 Å². The normalized spacial score (nSPS) is 13.3. The number of hydrogen-bond acceptors (Lipinski definition) is 3. The molecule has 0 aliphatic heterocycles. The van der Waals surface area contributed by atoms with E-state index in [1.165, 1.54) is 0 Å². The Labute approximate surface area is 219 Å². The number of guanidine groups is 1. The van der Waals surface area contributed by atoms with Crippen LogP contribution in [0, 0.1) is 5.92 Å². The van der Waals surface area contributed by atoms with Gasteiger partial charge < -0.3 is 20.9 Å². The average Bonchev–Trinajstić information content (AvgIpc) is 2.76. The van der Waals surface area contributed by atoms with Gasteiger partial charge in [-0.1, -0.05) is 30.7 Å². The van der Waals surface area contributed by atoms with Crippen molar-refractivity contribution < 1.29 is 9.59 Å². The van der Waals surface area contributed by atoms with Crippen molar-refractivity contribution in [2.75, 3.05) is 32.5 Å². The van der Waals surface area contributed by atoms with Gasteiger partial charge in [0.1, 0.15) is 0 Å². The lowest BCUT2D eigenvalue weighted by atomic mass is 9.85. The van der Waals surface area contributed by atoms with Crippen molar-refractivity contribution in [1.82, 2.24) is 15.5 Å². The largest absolute Gasteiger partial charge is 0.357 e. The lowest BCUT2D eigenvalue weighted by Crippen LogP contribution is -2.38. The Hall–Kier alpha value is -2.62. The number of anilines is 1. The van der Waals surface area contributed by atoms with Crippen LogP contribution in [0.3, 0.4) is 0 Å². The molecular weight excluding hydrogens is 541 g/mol. The van der Waals surface area contributed by atoms with Crippen LogP contribution in [-0.2, 0) is 17.8 Å². The first-order valence-electron chi connectivity index (χ1n) is 11.7. The van der Waals surface area contributed by atoms with Crippen LogP contribution < -0.4 is 16.0 Å². The summed E-state index contributed by atoms with van der Waals surface area (Å²) in [5, 5.41) is 9.65. The molecule has 1 fully saturated rings. The van der Waals surface area contributed by atoms with Crippen LogP contribution in [0.2, 0.25) is 0 Å². The molecule has 1 aliphatic rings. The van der Waals surface area contributed by atoms with E-state index in [9.17, 15) is 9.59 Å². The van der Waals surface area contributed by atoms with Gasteiger partial charge in [-0.3, -0.25) is 9.59 Å². The summed E-state index contributed by atoms with van der Waals surface area (Å²) in [6.45, 7) is 4.00. The number of nitrogens with one attached hydrogen (secondary N) is 3. The molecule has 2 aromatic carbocycles. The molecule has 1 saturated carbocycles. The number of halogens is 1. The van der Waals surface area contributed by atoms with Gasteiger partial charge in [0.15, 0.2) is 5.96 Å². The summed E-state index contributed by atoms with van der Waals surface area (Å²) in [5.41, 5.74) is 3.65. The van der Waals surface area contributed by atoms with Gasteiger partial charge in [-0.2, -0.15) is 0 Å². The highest BCUT2D eigenvalue weighted by Crippen LogP contribution is 2.27. The van der Waals surface area contributed by atoms with Crippen LogP contribution in [0.4, 0.5) is 5.69 Å². The van der Waals surface area contributed by atoms with Crippen LogP contribution >= 0.6 is 24.0 Å². The third kappa shape index (κ3) is 8.30. The van der Waals surface area contributed by atoms with Crippen LogP contribution in [0.25, 0.3) is 0 Å². The molecule has 0 spiro atoms. The summed E-state index contributed by atoms with van der Waals surface area (Å²) in [6.07, 6.45) is 3.90. The Morgan fingerprint density at radius 2 is 1.76 bits per heavy atom. The predicted molar refractivity (Wildman–Crippen MR) is 149 cm³/mol. The van der Waals surface area contributed by atoms with Crippen LogP contribution in [-0.4, -0.2) is 49.9 Å². The minimum absolute atomic E-state index is 0. The third-order valence-corrected chi connectivity index (χ3v) is 5.72. The van der Waals surface area contributed by atoms with E-state index in [1.807, 2.05) is 55.5 Å². The van der Waals surface area contributed by atoms with Crippen molar-refractivity contribution in [3.63, 3.8) is 0 Å². The average molecular weight is 578 g/mol. The SMILES string of the molecule is CCNC(=NCc1cccc(NC(=O)C2CCC2)c1)NCCc1cccc(C(=O)N(C)C)c1.I. The maximum atomic E-state index is 12.2. The molecule has 0 heterocycles. The molecule has 184 valence electrons. The van der Waals surface area contributed by atoms with Gasteiger partial charge in [0.05, 0.1) is 6.54 Å². The number of rotatable bonds is 9. The van der Waals surface area contributed by atoms with Crippen molar-refractivity contribution >= 4 is 47.4 Å². The van der Waals surface area contributed by atoms with Gasteiger partial charge in [-0.05, 0) is 61.6 Å². The molecule has 0 saturated heterocycles. The summed E-state index contributed by atoms with van der Waals surface area (Å²) < 4.78 is 0. The van der Waals surface area contributed by atoms with E-state index in [0.717, 1.165) is 55.0 Å². The fourth-order valence-corrected chi connectivity index (χ4v) is 3.62. The fourth-order valence-electron chi connectivity index (χ4n) is 3.62. The first-order valence-corrected chi connectivity index (χ1v) is 11.7. The minimum Gasteiger partial charge on any atom is -0.357 e. The Morgan fingerprint density at radius 1 is 1.03 bits per heavy atom. The van der Waals surface area contributed by atoms with Crippen LogP contribution in [0.5, 0.6) is 0 Å². The highest BCUT2D eigenvalue weighted by atomic mass is 127. The summed E-state index contributed by atoms with van der Waals surface area (Å²) in [4.78, 5) is 30.7. The van der Waals surface area contributed by atoms with Crippen molar-refractivity contribution in [2.45, 2.75) is 39.2 Å². The minimum atomic E-state index is 0. The van der Waals surface area contributed by atoms with E-state index in [1.54, 1.807) is 19.0 Å². The molecule has 0 unspecified atom stereocenters. The molecule has 0 aromatic heterocycles. The van der Waals surface area contributed by atoms with E-state index < -0.39 is 0 Å². The molecule has 0 radical (unpaired) electrons. The lowest BCUT2D eigenvalue weighted by Gasteiger charge is -2.24. The summed E-state index contributed by atoms with van der Waals surface area (Å²) in [5.74, 6) is 1.03. The number of benzene rings is 2. The molecule has 1 aliphatic carbocycles. The van der Waals surface area contributed by atoms with Gasteiger partial charge in [-0.25, -0.2) is 4.99 Å². The molecular formula is C26H36IN5O2. The number of carbonyl (C=O) groups is 2. The topological polar surface area (TPSA) is 85.8 Å². The van der Waals surface area contributed by atoms with Crippen molar-refractivity contribution in [2.24, 2.45) is 10.9 Å². The molecule has 7 nitrogen and oxygen atoms in total. The highest BCUT2D eigenvalue weighted by molar-refractivity contribution is 14.0. The molecule has 2 aromatic rings. The van der Waals surface area contributed by atoms with Crippen LogP contribution in [0.15, 0.2) is 53.5 Å². The zero-order chi connectivity index (χ0) is 23.6. The molecule has 3 N–H and O–H groups in total. The van der Waals surface area contributed by atoms with Gasteiger partial charge in [0.25, 0.3) is 5.91 Å². The van der Waals surface area contributed by atoms with Gasteiger partial charge in [0.2, 0.25) is 5.91 Å². The Morgan fingerprint density at radius 3 is 2.44 bits per heavy atom. The van der Waals surface area contributed by atoms with Gasteiger partial charge >= 0.3 is 0 Å². The van der Waals surface area contributed by atoms with Crippen molar-refractivity contribution in [3.05, 3.63) is 65.2 Å². The van der Waals surface area contributed by atoms with E-state index in [4.69, 9.17) is 0 Å². The maximum absolute atomic E-state index is 12.2. The summed E-state index contributed by atoms with van der Waals surface area (Å²) in [6, 6.07) is 15.6. The summed E-state index contributed by atoms with van der Waals surface area (Å²) in [7, 11) is 3.52. The van der Waals surface area contributed by atoms with E-state index >= 15 is 0 Å². The Kier molecular flexibility index (Phi) is 11.3. The number of carbonyl (C=O) groups excluding carboxylic acids is 2. The Bertz CT molecular complexity index is 989. The molecule has 0 bridgehead atoms. The lowest BCUT2D eigenvalue weighted by molar-refractivity contribution is -0.122. The standard InChI is InChI=1S/C26H35N5O2.HI/c1-4-27-26(28-15-14-19-8-5-12-22(16-19)25(33)31(2)3)29-18-20-9-6-13-23(17-20)30-24(32)21-10-7-11-21;/h5-6,8-9,12-13,16-17,21H,4,7,10-11,14-15,18H2,1-3H3,(H,30,32)(H2,27,28,29);1H. The first-order chi connectivity index (χ1) is 16.0. The number of amides is 2. The Balaban J connectivity index is 0.00000408. The quantitative estimate of drug-likeness (QED) is 0.239. The second-order valence-corrected chi connectivity index (χ2v) is 8.59. The summed E-state index contributed by atoms with van der Waals surface area (Å²) >= 11 is 0. The third-order valence-electron chi connectivity index (χ3n) is 5.72. The van der Waals surface area contributed by atoms with Gasteiger partial charge in [0, 0.05) is 44.4 Å². The number of nitrogens with zero attached hydrogens (tertiary/aromatic N) is 2. The highest BCUT2D eigenvalue weighted by Gasteiger charge is 2.25. The molecule has 3 rings (SSSR count). The zero-order valence-electron chi connectivity index (χ0n) is 20.3. The van der Waals surface area contributed by atoms with E-state index in [0.29, 0.717) is 18.7 Å². The predicted octanol–water partition coefficient (Wildman–Crippen LogP) is 4.04. The zero-order valence-corrected chi connectivity index (χ0v) is 22.6. The number of aliphatic imine (C=N–C) groups is 1. The van der Waals surface area contributed by atoms with E-state index in [2.05, 4.69) is 20.9 Å². The van der Waals surface area contributed by atoms with E-state index in [-0.39, 0.29) is 41.7 Å². The van der Waals surface area contributed by atoms with Crippen LogP contribution in [0.1, 0.15) is 47.7 Å². The second-order valence-electron chi connectivity index (χ2n) is 8.59. The smallest absolute Gasteiger partial charge is 0.253 e. The monoisotopic (exact) mass is 577 g/mol. The maximum Gasteiger partial charge on any atom is 0.253 e. The fraction of sp³-hybridized carbons (Fsp3) is 0.423. The molecule has 2 amide bonds. The first kappa shape index (κ1) is 27.6. The molecule has 0 atom stereocenters.